The highest BCUT2D eigenvalue weighted by atomic mass is 15.1. The zero-order valence-corrected chi connectivity index (χ0v) is 9.35. The van der Waals surface area contributed by atoms with E-state index in [0.29, 0.717) is 0 Å². The largest absolute Gasteiger partial charge is 0.286 e. The van der Waals surface area contributed by atoms with Crippen LogP contribution >= 0.6 is 0 Å². The van der Waals surface area contributed by atoms with Crippen molar-refractivity contribution in [2.24, 2.45) is 0 Å². The summed E-state index contributed by atoms with van der Waals surface area (Å²) in [5, 5.41) is 6.21. The van der Waals surface area contributed by atoms with E-state index in [1.807, 2.05) is 42.5 Å². The lowest BCUT2D eigenvalue weighted by Crippen LogP contribution is -1.58. The summed E-state index contributed by atoms with van der Waals surface area (Å²) in [6.45, 7) is 0. The van der Waals surface area contributed by atoms with E-state index in [0.717, 1.165) is 0 Å². The first-order valence-corrected chi connectivity index (χ1v) is 5.14. The van der Waals surface area contributed by atoms with E-state index >= 15 is 0 Å². The fraction of sp³-hybridized carbons (Fsp3) is 0. The van der Waals surface area contributed by atoms with Crippen molar-refractivity contribution in [3.63, 3.8) is 0 Å². The predicted molar refractivity (Wildman–Crippen MR) is 67.1 cm³/mol. The Morgan fingerprint density at radius 3 is 1.18 bits per heavy atom. The van der Waals surface area contributed by atoms with Gasteiger partial charge < -0.3 is 0 Å². The van der Waals surface area contributed by atoms with E-state index < -0.39 is 0 Å². The van der Waals surface area contributed by atoms with Crippen LogP contribution in [0.5, 0.6) is 0 Å². The molecule has 3 heterocycles. The summed E-state index contributed by atoms with van der Waals surface area (Å²) in [6, 6.07) is 13.3. The van der Waals surface area contributed by atoms with Crippen molar-refractivity contribution in [2.45, 2.75) is 0 Å². The Labute approximate surface area is 100 Å². The molecule has 0 aliphatic heterocycles. The minimum Gasteiger partial charge on any atom is -0.286 e. The van der Waals surface area contributed by atoms with Gasteiger partial charge in [-0.1, -0.05) is 12.1 Å². The van der Waals surface area contributed by atoms with Crippen molar-refractivity contribution in [1.82, 2.24) is 20.2 Å². The third-order valence-corrected chi connectivity index (χ3v) is 1.54. The number of aromatic nitrogens is 4. The third-order valence-electron chi connectivity index (χ3n) is 1.54. The van der Waals surface area contributed by atoms with E-state index in [4.69, 9.17) is 0 Å². The van der Waals surface area contributed by atoms with Crippen LogP contribution in [0.25, 0.3) is 0 Å². The van der Waals surface area contributed by atoms with Gasteiger partial charge in [-0.2, -0.15) is 5.10 Å². The fourth-order valence-electron chi connectivity index (χ4n) is 0.840. The Morgan fingerprint density at radius 1 is 0.529 bits per heavy atom. The Kier molecular flexibility index (Phi) is 7.43. The molecule has 0 radical (unpaired) electrons. The highest BCUT2D eigenvalue weighted by Crippen LogP contribution is 1.74. The van der Waals surface area contributed by atoms with Crippen molar-refractivity contribution in [1.29, 1.82) is 0 Å². The number of H-pyrrole nitrogens is 1. The van der Waals surface area contributed by atoms with Gasteiger partial charge in [-0.25, -0.2) is 0 Å². The molecule has 86 valence electrons. The molecule has 0 aromatic carbocycles. The molecule has 4 heteroatoms. The smallest absolute Gasteiger partial charge is 0.0487 e. The van der Waals surface area contributed by atoms with E-state index in [2.05, 4.69) is 20.2 Å². The first-order valence-electron chi connectivity index (χ1n) is 5.14. The summed E-state index contributed by atoms with van der Waals surface area (Å²) in [6.07, 6.45) is 10.5. The maximum absolute atomic E-state index is 3.78. The van der Waals surface area contributed by atoms with Crippen LogP contribution in [-0.2, 0) is 0 Å². The van der Waals surface area contributed by atoms with Crippen molar-refractivity contribution in [3.05, 3.63) is 79.6 Å². The molecule has 0 atom stereocenters. The van der Waals surface area contributed by atoms with E-state index in [1.165, 1.54) is 0 Å². The van der Waals surface area contributed by atoms with Crippen molar-refractivity contribution >= 4 is 0 Å². The molecule has 3 aromatic rings. The summed E-state index contributed by atoms with van der Waals surface area (Å²) in [5.74, 6) is 0. The number of aromatic amines is 1. The second kappa shape index (κ2) is 10.0. The fourth-order valence-corrected chi connectivity index (χ4v) is 0.840. The highest BCUT2D eigenvalue weighted by Gasteiger charge is 1.59. The van der Waals surface area contributed by atoms with Gasteiger partial charge in [-0.05, 0) is 30.3 Å². The molecular formula is C13H14N4. The molecule has 0 fully saturated rings. The first kappa shape index (κ1) is 12.6. The monoisotopic (exact) mass is 226 g/mol. The van der Waals surface area contributed by atoms with Crippen LogP contribution in [-0.4, -0.2) is 20.2 Å². The zero-order valence-electron chi connectivity index (χ0n) is 9.35. The van der Waals surface area contributed by atoms with Crippen LogP contribution in [0.2, 0.25) is 0 Å². The van der Waals surface area contributed by atoms with E-state index in [1.54, 1.807) is 37.2 Å². The van der Waals surface area contributed by atoms with Gasteiger partial charge in [0.05, 0.1) is 0 Å². The van der Waals surface area contributed by atoms with E-state index in [9.17, 15) is 0 Å². The average Bonchev–Trinajstić information content (AvgIpc) is 3.03. The maximum Gasteiger partial charge on any atom is 0.0487 e. The molecule has 17 heavy (non-hydrogen) atoms. The summed E-state index contributed by atoms with van der Waals surface area (Å²) >= 11 is 0. The van der Waals surface area contributed by atoms with Gasteiger partial charge in [0.15, 0.2) is 0 Å². The molecule has 0 spiro atoms. The molecule has 3 aromatic heterocycles. The summed E-state index contributed by atoms with van der Waals surface area (Å²) < 4.78 is 0. The minimum atomic E-state index is 1.69. The van der Waals surface area contributed by atoms with Crippen LogP contribution in [0.4, 0.5) is 0 Å². The van der Waals surface area contributed by atoms with Crippen molar-refractivity contribution in [3.8, 4) is 0 Å². The summed E-state index contributed by atoms with van der Waals surface area (Å²) in [4.78, 5) is 7.57. The molecular weight excluding hydrogens is 212 g/mol. The summed E-state index contributed by atoms with van der Waals surface area (Å²) in [5.41, 5.74) is 0. The van der Waals surface area contributed by atoms with Crippen LogP contribution in [0.15, 0.2) is 79.6 Å². The number of nitrogens with one attached hydrogen (secondary N) is 1. The van der Waals surface area contributed by atoms with Crippen LogP contribution in [0.3, 0.4) is 0 Å². The molecule has 4 nitrogen and oxygen atoms in total. The van der Waals surface area contributed by atoms with Gasteiger partial charge in [-0.15, -0.1) is 0 Å². The molecule has 0 bridgehead atoms. The molecule has 0 aliphatic rings. The third kappa shape index (κ3) is 8.50. The topological polar surface area (TPSA) is 54.5 Å². The lowest BCUT2D eigenvalue weighted by molar-refractivity contribution is 1.09. The van der Waals surface area contributed by atoms with Gasteiger partial charge in [0.25, 0.3) is 0 Å². The normalized spacial score (nSPS) is 8.00. The SMILES string of the molecule is c1ccncc1.c1ccncc1.c1cn[nH]c1. The molecule has 3 rings (SSSR count). The van der Waals surface area contributed by atoms with Crippen molar-refractivity contribution < 1.29 is 0 Å². The molecule has 0 unspecified atom stereocenters. The maximum atomic E-state index is 3.78. The number of hydrogen-bond acceptors (Lipinski definition) is 3. The molecule has 0 amide bonds. The van der Waals surface area contributed by atoms with Gasteiger partial charge in [0.2, 0.25) is 0 Å². The lowest BCUT2D eigenvalue weighted by Gasteiger charge is -1.70. The molecule has 0 saturated heterocycles. The molecule has 0 aliphatic carbocycles. The number of nitrogens with zero attached hydrogens (tertiary/aromatic N) is 3. The lowest BCUT2D eigenvalue weighted by atomic mass is 10.5. The quantitative estimate of drug-likeness (QED) is 0.641. The number of pyridine rings is 2. The Bertz CT molecular complexity index is 323. The average molecular weight is 226 g/mol. The first-order chi connectivity index (χ1) is 8.50. The van der Waals surface area contributed by atoms with Gasteiger partial charge in [0.1, 0.15) is 0 Å². The van der Waals surface area contributed by atoms with Crippen LogP contribution in [0.1, 0.15) is 0 Å². The number of hydrogen-bond donors (Lipinski definition) is 1. The standard InChI is InChI=1S/2C5H5N.C3H4N2/c2*1-2-4-6-5-3-1;1-2-4-5-3-1/h2*1-5H;1-3H,(H,4,5). The summed E-state index contributed by atoms with van der Waals surface area (Å²) in [7, 11) is 0. The van der Waals surface area contributed by atoms with Crippen molar-refractivity contribution in [2.75, 3.05) is 0 Å². The van der Waals surface area contributed by atoms with Gasteiger partial charge in [-0.3, -0.25) is 15.1 Å². The van der Waals surface area contributed by atoms with Crippen LogP contribution in [0, 0.1) is 0 Å². The Morgan fingerprint density at radius 2 is 1.06 bits per heavy atom. The van der Waals surface area contributed by atoms with Gasteiger partial charge in [0, 0.05) is 37.2 Å². The minimum absolute atomic E-state index is 1.69. The Hall–Kier alpha value is -2.49. The zero-order chi connectivity index (χ0) is 12.0. The predicted octanol–water partition coefficient (Wildman–Crippen LogP) is 2.57. The highest BCUT2D eigenvalue weighted by molar-refractivity contribution is 4.88. The second-order valence-corrected chi connectivity index (χ2v) is 2.82. The Balaban J connectivity index is 0.000000128. The van der Waals surface area contributed by atoms with E-state index in [-0.39, 0.29) is 0 Å². The van der Waals surface area contributed by atoms with Crippen LogP contribution < -0.4 is 0 Å². The van der Waals surface area contributed by atoms with Gasteiger partial charge >= 0.3 is 0 Å². The number of rotatable bonds is 0. The second-order valence-electron chi connectivity index (χ2n) is 2.82. The molecule has 1 N–H and O–H groups in total. The molecule has 0 saturated carbocycles.